The van der Waals surface area contributed by atoms with Gasteiger partial charge in [0, 0.05) is 5.56 Å². The molecule has 8 nitrogen and oxygen atoms in total. The van der Waals surface area contributed by atoms with Gasteiger partial charge in [-0.05, 0) is 37.4 Å². The van der Waals surface area contributed by atoms with Crippen LogP contribution in [0.2, 0.25) is 0 Å². The number of aromatic nitrogens is 1. The van der Waals surface area contributed by atoms with Gasteiger partial charge in [-0.15, -0.1) is 11.3 Å². The molecule has 3 aromatic rings. The molecule has 0 spiro atoms. The van der Waals surface area contributed by atoms with Crippen molar-refractivity contribution in [3.63, 3.8) is 0 Å². The number of carbonyl (C=O) groups excluding carboxylic acids is 3. The number of carbonyl (C=O) groups is 3. The highest BCUT2D eigenvalue weighted by atomic mass is 32.1. The van der Waals surface area contributed by atoms with E-state index in [0.717, 1.165) is 11.3 Å². The molecule has 0 bridgehead atoms. The van der Waals surface area contributed by atoms with E-state index in [9.17, 15) is 14.4 Å². The van der Waals surface area contributed by atoms with Crippen LogP contribution in [0.25, 0.3) is 11.5 Å². The second-order valence-electron chi connectivity index (χ2n) is 5.85. The van der Waals surface area contributed by atoms with E-state index in [0.29, 0.717) is 10.6 Å². The van der Waals surface area contributed by atoms with Crippen molar-refractivity contribution in [1.29, 1.82) is 0 Å². The predicted octanol–water partition coefficient (Wildman–Crippen LogP) is 2.99. The Hall–Kier alpha value is -3.46. The minimum Gasteiger partial charge on any atom is -0.448 e. The number of anilines is 1. The molecule has 28 heavy (non-hydrogen) atoms. The second-order valence-corrected chi connectivity index (χ2v) is 6.77. The molecule has 0 aliphatic carbocycles. The molecule has 3 rings (SSSR count). The molecule has 9 heteroatoms. The number of ether oxygens (including phenoxy) is 1. The Balaban J connectivity index is 1.69. The first kappa shape index (κ1) is 19.3. The largest absolute Gasteiger partial charge is 0.448 e. The number of thiophene rings is 1. The molecule has 0 aliphatic heterocycles. The van der Waals surface area contributed by atoms with Gasteiger partial charge >= 0.3 is 5.97 Å². The van der Waals surface area contributed by atoms with Crippen molar-refractivity contribution < 1.29 is 23.5 Å². The zero-order valence-electron chi connectivity index (χ0n) is 15.1. The minimum absolute atomic E-state index is 0.00699. The summed E-state index contributed by atoms with van der Waals surface area (Å²) < 4.78 is 10.7. The van der Waals surface area contributed by atoms with Gasteiger partial charge in [0.25, 0.3) is 11.8 Å². The number of nitrogens with two attached hydrogens (primary N) is 1. The van der Waals surface area contributed by atoms with Crippen LogP contribution in [0.3, 0.4) is 0 Å². The molecule has 2 aromatic heterocycles. The number of nitrogens with zero attached hydrogens (tertiary/aromatic N) is 1. The van der Waals surface area contributed by atoms with E-state index in [2.05, 4.69) is 10.3 Å². The highest BCUT2D eigenvalue weighted by molar-refractivity contribution is 7.14. The van der Waals surface area contributed by atoms with E-state index in [-0.39, 0.29) is 22.9 Å². The fourth-order valence-corrected chi connectivity index (χ4v) is 3.17. The van der Waals surface area contributed by atoms with Gasteiger partial charge < -0.3 is 20.2 Å². The lowest BCUT2D eigenvalue weighted by Gasteiger charge is -2.12. The number of rotatable bonds is 6. The van der Waals surface area contributed by atoms with Gasteiger partial charge in [-0.1, -0.05) is 18.2 Å². The molecule has 0 unspecified atom stereocenters. The minimum atomic E-state index is -1.12. The molecule has 0 saturated carbocycles. The average molecular weight is 399 g/mol. The molecule has 1 aromatic carbocycles. The first-order valence-corrected chi connectivity index (χ1v) is 9.16. The highest BCUT2D eigenvalue weighted by Gasteiger charge is 2.25. The third-order valence-corrected chi connectivity index (χ3v) is 4.66. The zero-order chi connectivity index (χ0) is 20.3. The van der Waals surface area contributed by atoms with E-state index >= 15 is 0 Å². The maximum absolute atomic E-state index is 12.4. The summed E-state index contributed by atoms with van der Waals surface area (Å²) in [6.45, 7) is 3.00. The summed E-state index contributed by atoms with van der Waals surface area (Å²) >= 11 is 1.14. The van der Waals surface area contributed by atoms with E-state index < -0.39 is 23.9 Å². The van der Waals surface area contributed by atoms with Gasteiger partial charge in [0.1, 0.15) is 10.8 Å². The first-order valence-electron chi connectivity index (χ1n) is 8.28. The SMILES string of the molecule is Cc1oc(-c2ccccc2)nc1C(=O)O[C@H](C)C(=O)Nc1sccc1C(N)=O. The molecule has 1 atom stereocenters. The fourth-order valence-electron chi connectivity index (χ4n) is 2.37. The molecule has 3 N–H and O–H groups in total. The highest BCUT2D eigenvalue weighted by Crippen LogP contribution is 2.24. The standard InChI is InChI=1S/C19H17N3O5S/c1-10-14(21-17(26-10)12-6-4-3-5-7-12)19(25)27-11(2)16(24)22-18-13(15(20)23)8-9-28-18/h3-9,11H,1-2H3,(H2,20,23)(H,22,24)/t11-/m1/s1. The number of primary amides is 1. The Kier molecular flexibility index (Phi) is 5.55. The molecule has 0 radical (unpaired) electrons. The lowest BCUT2D eigenvalue weighted by Crippen LogP contribution is -2.30. The van der Waals surface area contributed by atoms with E-state index in [1.807, 2.05) is 18.2 Å². The van der Waals surface area contributed by atoms with Gasteiger partial charge in [0.2, 0.25) is 5.89 Å². The molecular weight excluding hydrogens is 382 g/mol. The van der Waals surface area contributed by atoms with E-state index in [1.165, 1.54) is 13.0 Å². The van der Waals surface area contributed by atoms with Crippen molar-refractivity contribution in [3.8, 4) is 11.5 Å². The summed E-state index contributed by atoms with van der Waals surface area (Å²) in [6, 6.07) is 10.6. The molecule has 2 heterocycles. The zero-order valence-corrected chi connectivity index (χ0v) is 15.9. The number of nitrogens with one attached hydrogen (secondary N) is 1. The normalized spacial score (nSPS) is 11.6. The van der Waals surface area contributed by atoms with Crippen LogP contribution >= 0.6 is 11.3 Å². The van der Waals surface area contributed by atoms with Crippen molar-refractivity contribution in [2.45, 2.75) is 20.0 Å². The molecule has 0 aliphatic rings. The molecular formula is C19H17N3O5S. The topological polar surface area (TPSA) is 125 Å². The van der Waals surface area contributed by atoms with Gasteiger partial charge in [0.05, 0.1) is 5.56 Å². The summed E-state index contributed by atoms with van der Waals surface area (Å²) in [5, 5.41) is 4.45. The van der Waals surface area contributed by atoms with Crippen LogP contribution in [0.1, 0.15) is 33.5 Å². The number of benzene rings is 1. The van der Waals surface area contributed by atoms with E-state index in [4.69, 9.17) is 14.9 Å². The summed E-state index contributed by atoms with van der Waals surface area (Å²) in [6.07, 6.45) is -1.12. The fraction of sp³-hybridized carbons (Fsp3) is 0.158. The monoisotopic (exact) mass is 399 g/mol. The molecule has 144 valence electrons. The lowest BCUT2D eigenvalue weighted by molar-refractivity contribution is -0.123. The Morgan fingerprint density at radius 3 is 2.61 bits per heavy atom. The number of amides is 2. The predicted molar refractivity (Wildman–Crippen MR) is 103 cm³/mol. The van der Waals surface area contributed by atoms with Crippen molar-refractivity contribution in [1.82, 2.24) is 4.98 Å². The third-order valence-electron chi connectivity index (χ3n) is 3.83. The summed E-state index contributed by atoms with van der Waals surface area (Å²) in [7, 11) is 0. The van der Waals surface area contributed by atoms with Gasteiger partial charge in [-0.25, -0.2) is 9.78 Å². The summed E-state index contributed by atoms with van der Waals surface area (Å²) in [5.74, 6) is -1.47. The smallest absolute Gasteiger partial charge is 0.361 e. The first-order chi connectivity index (χ1) is 13.4. The maximum atomic E-state index is 12.4. The van der Waals surface area contributed by atoms with Crippen LogP contribution in [0, 0.1) is 6.92 Å². The number of hydrogen-bond donors (Lipinski definition) is 2. The van der Waals surface area contributed by atoms with Crippen LogP contribution in [-0.2, 0) is 9.53 Å². The quantitative estimate of drug-likeness (QED) is 0.614. The molecule has 0 saturated heterocycles. The van der Waals surface area contributed by atoms with Crippen molar-refractivity contribution in [2.75, 3.05) is 5.32 Å². The van der Waals surface area contributed by atoms with Gasteiger partial charge in [-0.2, -0.15) is 0 Å². The Bertz CT molecular complexity index is 1030. The maximum Gasteiger partial charge on any atom is 0.361 e. The van der Waals surface area contributed by atoms with Crippen LogP contribution < -0.4 is 11.1 Å². The lowest BCUT2D eigenvalue weighted by atomic mass is 10.2. The van der Waals surface area contributed by atoms with Crippen LogP contribution in [-0.4, -0.2) is 28.9 Å². The van der Waals surface area contributed by atoms with Crippen molar-refractivity contribution in [2.24, 2.45) is 5.73 Å². The van der Waals surface area contributed by atoms with E-state index in [1.54, 1.807) is 24.4 Å². The van der Waals surface area contributed by atoms with Gasteiger partial charge in [0.15, 0.2) is 11.8 Å². The van der Waals surface area contributed by atoms with Crippen LogP contribution in [0.5, 0.6) is 0 Å². The second kappa shape index (κ2) is 8.05. The number of aryl methyl sites for hydroxylation is 1. The van der Waals surface area contributed by atoms with Crippen LogP contribution in [0.4, 0.5) is 5.00 Å². The molecule has 0 fully saturated rings. The number of oxazole rings is 1. The molecule has 2 amide bonds. The summed E-state index contributed by atoms with van der Waals surface area (Å²) in [5.41, 5.74) is 6.15. The van der Waals surface area contributed by atoms with Gasteiger partial charge in [-0.3, -0.25) is 9.59 Å². The summed E-state index contributed by atoms with van der Waals surface area (Å²) in [4.78, 5) is 40.2. The number of hydrogen-bond acceptors (Lipinski definition) is 7. The number of esters is 1. The van der Waals surface area contributed by atoms with Crippen LogP contribution in [0.15, 0.2) is 46.2 Å². The Morgan fingerprint density at radius 2 is 1.93 bits per heavy atom. The Labute approximate surface area is 164 Å². The van der Waals surface area contributed by atoms with Crippen molar-refractivity contribution in [3.05, 3.63) is 58.8 Å². The Morgan fingerprint density at radius 1 is 1.21 bits per heavy atom. The van der Waals surface area contributed by atoms with Crippen molar-refractivity contribution >= 4 is 34.1 Å². The average Bonchev–Trinajstić information content (AvgIpc) is 3.29. The third kappa shape index (κ3) is 4.09.